The summed E-state index contributed by atoms with van der Waals surface area (Å²) >= 11 is 0. The van der Waals surface area contributed by atoms with Crippen LogP contribution in [0.15, 0.2) is 41.2 Å². The maximum absolute atomic E-state index is 12.4. The molecule has 2 aromatic rings. The Morgan fingerprint density at radius 1 is 1.03 bits per heavy atom. The normalized spacial score (nSPS) is 14.3. The van der Waals surface area contributed by atoms with Gasteiger partial charge in [0.1, 0.15) is 6.04 Å². The molecular formula is C24H31N5O4. The summed E-state index contributed by atoms with van der Waals surface area (Å²) in [5.41, 5.74) is 1.06. The zero-order chi connectivity index (χ0) is 24.2. The third-order valence-corrected chi connectivity index (χ3v) is 5.38. The first-order chi connectivity index (χ1) is 15.6. The van der Waals surface area contributed by atoms with Crippen LogP contribution in [0.3, 0.4) is 0 Å². The number of nitrogens with one attached hydrogen (secondary N) is 3. The van der Waals surface area contributed by atoms with Crippen molar-refractivity contribution in [2.75, 3.05) is 18.4 Å². The Morgan fingerprint density at radius 3 is 2.27 bits per heavy atom. The minimum Gasteiger partial charge on any atom is -0.352 e. The van der Waals surface area contributed by atoms with E-state index in [4.69, 9.17) is 0 Å². The van der Waals surface area contributed by atoms with Crippen molar-refractivity contribution in [3.05, 3.63) is 58.0 Å². The Hall–Kier alpha value is -3.49. The number of rotatable bonds is 8. The number of hydrogen-bond donors (Lipinski definition) is 3. The van der Waals surface area contributed by atoms with E-state index in [1.165, 1.54) is 10.7 Å². The lowest BCUT2D eigenvalue weighted by Gasteiger charge is -2.17. The molecule has 3 N–H and O–H groups in total. The quantitative estimate of drug-likeness (QED) is 0.529. The summed E-state index contributed by atoms with van der Waals surface area (Å²) < 4.78 is 1.21. The summed E-state index contributed by atoms with van der Waals surface area (Å²) in [5, 5.41) is 12.6. The van der Waals surface area contributed by atoms with Crippen LogP contribution in [0.2, 0.25) is 0 Å². The van der Waals surface area contributed by atoms with Gasteiger partial charge in [0.15, 0.2) is 0 Å². The van der Waals surface area contributed by atoms with Crippen molar-refractivity contribution < 1.29 is 14.4 Å². The molecule has 3 amide bonds. The fraction of sp³-hybridized carbons (Fsp3) is 0.458. The minimum atomic E-state index is -0.747. The summed E-state index contributed by atoms with van der Waals surface area (Å²) in [6, 6.07) is 9.01. The van der Waals surface area contributed by atoms with E-state index in [1.54, 1.807) is 37.3 Å². The molecule has 0 bridgehead atoms. The Balaban J connectivity index is 1.45. The number of amides is 3. The van der Waals surface area contributed by atoms with Gasteiger partial charge in [0.05, 0.1) is 5.69 Å². The van der Waals surface area contributed by atoms with E-state index in [1.807, 2.05) is 20.8 Å². The monoisotopic (exact) mass is 453 g/mol. The number of carbonyl (C=O) groups is 3. The topological polar surface area (TPSA) is 122 Å². The number of aromatic nitrogens is 2. The van der Waals surface area contributed by atoms with Crippen LogP contribution in [0.1, 0.15) is 68.5 Å². The zero-order valence-corrected chi connectivity index (χ0v) is 19.5. The van der Waals surface area contributed by atoms with E-state index in [9.17, 15) is 19.2 Å². The lowest BCUT2D eigenvalue weighted by molar-refractivity contribution is -0.124. The molecule has 0 radical (unpaired) electrons. The van der Waals surface area contributed by atoms with Crippen LogP contribution in [-0.2, 0) is 9.59 Å². The maximum atomic E-state index is 12.4. The Morgan fingerprint density at radius 2 is 1.67 bits per heavy atom. The molecule has 1 heterocycles. The smallest absolute Gasteiger partial charge is 0.267 e. The van der Waals surface area contributed by atoms with Crippen LogP contribution in [0.5, 0.6) is 0 Å². The molecule has 1 fully saturated rings. The molecule has 0 saturated heterocycles. The molecule has 9 heteroatoms. The van der Waals surface area contributed by atoms with Crippen LogP contribution in [-0.4, -0.2) is 40.6 Å². The van der Waals surface area contributed by atoms with Gasteiger partial charge in [-0.25, -0.2) is 4.68 Å². The number of nitrogens with zero attached hydrogens (tertiary/aromatic N) is 2. The van der Waals surface area contributed by atoms with Crippen LogP contribution in [0.4, 0.5) is 5.69 Å². The first-order valence-corrected chi connectivity index (χ1v) is 11.1. The fourth-order valence-electron chi connectivity index (χ4n) is 3.06. The van der Waals surface area contributed by atoms with E-state index in [0.29, 0.717) is 17.2 Å². The minimum absolute atomic E-state index is 0.110. The number of benzene rings is 1. The summed E-state index contributed by atoms with van der Waals surface area (Å²) in [5.74, 6) is -0.362. The largest absolute Gasteiger partial charge is 0.352 e. The van der Waals surface area contributed by atoms with E-state index in [-0.39, 0.29) is 36.4 Å². The second kappa shape index (κ2) is 9.97. The number of carbonyl (C=O) groups excluding carboxylic acids is 3. The molecule has 0 aliphatic heterocycles. The van der Waals surface area contributed by atoms with Crippen LogP contribution in [0, 0.1) is 5.41 Å². The van der Waals surface area contributed by atoms with Gasteiger partial charge in [-0.1, -0.05) is 20.8 Å². The van der Waals surface area contributed by atoms with Crippen molar-refractivity contribution in [3.63, 3.8) is 0 Å². The van der Waals surface area contributed by atoms with Gasteiger partial charge >= 0.3 is 0 Å². The van der Waals surface area contributed by atoms with Gasteiger partial charge in [0, 0.05) is 41.7 Å². The van der Waals surface area contributed by atoms with Gasteiger partial charge in [-0.3, -0.25) is 19.2 Å². The summed E-state index contributed by atoms with van der Waals surface area (Å²) in [7, 11) is 0. The van der Waals surface area contributed by atoms with Crippen molar-refractivity contribution in [2.24, 2.45) is 5.41 Å². The lowest BCUT2D eigenvalue weighted by atomic mass is 9.95. The van der Waals surface area contributed by atoms with Gasteiger partial charge < -0.3 is 16.0 Å². The molecule has 1 aromatic carbocycles. The summed E-state index contributed by atoms with van der Waals surface area (Å²) in [4.78, 5) is 48.9. The second-order valence-corrected chi connectivity index (χ2v) is 9.32. The van der Waals surface area contributed by atoms with Crippen LogP contribution >= 0.6 is 0 Å². The molecule has 176 valence electrons. The average molecular weight is 454 g/mol. The highest BCUT2D eigenvalue weighted by molar-refractivity contribution is 5.97. The van der Waals surface area contributed by atoms with Crippen molar-refractivity contribution in [2.45, 2.75) is 52.5 Å². The van der Waals surface area contributed by atoms with Crippen LogP contribution in [0.25, 0.3) is 0 Å². The molecule has 9 nitrogen and oxygen atoms in total. The van der Waals surface area contributed by atoms with Gasteiger partial charge in [0.2, 0.25) is 11.8 Å². The first kappa shape index (κ1) is 24.2. The Labute approximate surface area is 193 Å². The molecule has 1 saturated carbocycles. The molecule has 1 aliphatic carbocycles. The van der Waals surface area contributed by atoms with Crippen molar-refractivity contribution in [1.29, 1.82) is 0 Å². The van der Waals surface area contributed by atoms with Gasteiger partial charge in [-0.15, -0.1) is 0 Å². The highest BCUT2D eigenvalue weighted by atomic mass is 16.2. The highest BCUT2D eigenvalue weighted by Gasteiger charge is 2.27. The first-order valence-electron chi connectivity index (χ1n) is 11.1. The number of anilines is 1. The Kier molecular flexibility index (Phi) is 7.30. The van der Waals surface area contributed by atoms with E-state index >= 15 is 0 Å². The molecule has 3 rings (SSSR count). The molecule has 33 heavy (non-hydrogen) atoms. The van der Waals surface area contributed by atoms with E-state index < -0.39 is 11.5 Å². The number of hydrogen-bond acceptors (Lipinski definition) is 5. The SMILES string of the molecule is CC(C(=O)NCCNC(=O)c1ccc(NC(=O)C(C)(C)C)cc1)n1nc(C2CC2)ccc1=O. The van der Waals surface area contributed by atoms with Crippen molar-refractivity contribution in [3.8, 4) is 0 Å². The summed E-state index contributed by atoms with van der Waals surface area (Å²) in [6.45, 7) is 7.53. The van der Waals surface area contributed by atoms with Gasteiger partial charge in [-0.2, -0.15) is 5.10 Å². The highest BCUT2D eigenvalue weighted by Crippen LogP contribution is 2.38. The van der Waals surface area contributed by atoms with E-state index in [0.717, 1.165) is 18.5 Å². The predicted molar refractivity (Wildman–Crippen MR) is 125 cm³/mol. The molecule has 1 atom stereocenters. The van der Waals surface area contributed by atoms with Crippen LogP contribution < -0.4 is 21.5 Å². The third kappa shape index (κ3) is 6.50. The van der Waals surface area contributed by atoms with E-state index in [2.05, 4.69) is 21.0 Å². The third-order valence-electron chi connectivity index (χ3n) is 5.38. The molecule has 0 spiro atoms. The lowest BCUT2D eigenvalue weighted by Crippen LogP contribution is -2.40. The van der Waals surface area contributed by atoms with Crippen molar-refractivity contribution >= 4 is 23.4 Å². The molecule has 1 aliphatic rings. The molecule has 1 unspecified atom stereocenters. The van der Waals surface area contributed by atoms with Crippen molar-refractivity contribution in [1.82, 2.24) is 20.4 Å². The summed E-state index contributed by atoms with van der Waals surface area (Å²) in [6.07, 6.45) is 2.11. The average Bonchev–Trinajstić information content (AvgIpc) is 3.61. The molecular weight excluding hydrogens is 422 g/mol. The standard InChI is InChI=1S/C24H31N5O4/c1-15(29-20(30)12-11-19(28-29)16-5-6-16)21(31)25-13-14-26-22(32)17-7-9-18(10-8-17)27-23(33)24(2,3)4/h7-12,15-16H,5-6,13-14H2,1-4H3,(H,25,31)(H,26,32)(H,27,33). The maximum Gasteiger partial charge on any atom is 0.267 e. The second-order valence-electron chi connectivity index (χ2n) is 9.32. The Bertz CT molecular complexity index is 1080. The fourth-order valence-corrected chi connectivity index (χ4v) is 3.06. The van der Waals surface area contributed by atoms with Gasteiger partial charge in [0.25, 0.3) is 11.5 Å². The van der Waals surface area contributed by atoms with Gasteiger partial charge in [-0.05, 0) is 50.1 Å². The molecule has 1 aromatic heterocycles. The zero-order valence-electron chi connectivity index (χ0n) is 19.5. The predicted octanol–water partition coefficient (Wildman–Crippen LogP) is 2.21.